The van der Waals surface area contributed by atoms with Crippen LogP contribution in [-0.4, -0.2) is 13.1 Å². The summed E-state index contributed by atoms with van der Waals surface area (Å²) in [5.41, 5.74) is 2.56. The largest absolute Gasteiger partial charge is 0.457 e. The minimum Gasteiger partial charge on any atom is -0.457 e. The molecule has 3 aromatic rings. The van der Waals surface area contributed by atoms with Crippen LogP contribution in [0.15, 0.2) is 46.9 Å². The van der Waals surface area contributed by atoms with Gasteiger partial charge in [-0.25, -0.2) is 0 Å². The number of fused-ring (bicyclic) bond motifs is 3. The summed E-state index contributed by atoms with van der Waals surface area (Å²) in [6.45, 7) is 10.8. The Morgan fingerprint density at radius 2 is 1.55 bits per heavy atom. The van der Waals surface area contributed by atoms with Crippen molar-refractivity contribution < 1.29 is 9.07 Å². The molecule has 1 heterocycles. The van der Waals surface area contributed by atoms with E-state index in [9.17, 15) is 0 Å². The van der Waals surface area contributed by atoms with Crippen LogP contribution in [-0.2, 0) is 4.65 Å². The van der Waals surface area contributed by atoms with Gasteiger partial charge >= 0.3 is 7.48 Å². The first-order valence-electron chi connectivity index (χ1n) is 7.71. The maximum absolute atomic E-state index is 6.10. The van der Waals surface area contributed by atoms with Crippen molar-refractivity contribution in [1.82, 2.24) is 0 Å². The van der Waals surface area contributed by atoms with Crippen molar-refractivity contribution in [2.45, 2.75) is 40.2 Å². The summed E-state index contributed by atoms with van der Waals surface area (Å²) >= 11 is 0. The van der Waals surface area contributed by atoms with Crippen molar-refractivity contribution in [2.24, 2.45) is 5.41 Å². The van der Waals surface area contributed by atoms with E-state index in [2.05, 4.69) is 46.8 Å². The molecule has 0 aliphatic heterocycles. The molecule has 3 rings (SSSR count). The van der Waals surface area contributed by atoms with Gasteiger partial charge in [0.1, 0.15) is 11.2 Å². The molecule has 0 unspecified atom stereocenters. The minimum absolute atomic E-state index is 0.0469. The van der Waals surface area contributed by atoms with E-state index in [0.717, 1.165) is 27.4 Å². The summed E-state index contributed by atoms with van der Waals surface area (Å²) in [6, 6.07) is 14.3. The summed E-state index contributed by atoms with van der Waals surface area (Å²) in [7, 11) is 1.83. The molecule has 1 radical (unpaired) electrons. The lowest BCUT2D eigenvalue weighted by Gasteiger charge is -2.39. The molecular weight excluding hydrogens is 271 g/mol. The Labute approximate surface area is 132 Å². The predicted molar refractivity (Wildman–Crippen MR) is 93.7 cm³/mol. The molecular formula is C19H22BO2. The number of hydrogen-bond acceptors (Lipinski definition) is 2. The van der Waals surface area contributed by atoms with Crippen LogP contribution < -0.4 is 5.46 Å². The Kier molecular flexibility index (Phi) is 3.56. The fourth-order valence-electron chi connectivity index (χ4n) is 2.25. The fourth-order valence-corrected chi connectivity index (χ4v) is 2.25. The SMILES string of the molecule is CC(C)(C)C(C)(C)O[B]c1cccc2c1oc1ccccc12. The lowest BCUT2D eigenvalue weighted by Crippen LogP contribution is -2.42. The van der Waals surface area contributed by atoms with E-state index in [0.29, 0.717) is 0 Å². The lowest BCUT2D eigenvalue weighted by molar-refractivity contribution is 0.00506. The quantitative estimate of drug-likeness (QED) is 0.655. The van der Waals surface area contributed by atoms with Crippen LogP contribution in [0.25, 0.3) is 21.9 Å². The third-order valence-electron chi connectivity index (χ3n) is 4.72. The molecule has 0 atom stereocenters. The van der Waals surface area contributed by atoms with Gasteiger partial charge in [-0.05, 0) is 30.8 Å². The van der Waals surface area contributed by atoms with Crippen molar-refractivity contribution in [3.05, 3.63) is 42.5 Å². The monoisotopic (exact) mass is 293 g/mol. The smallest absolute Gasteiger partial charge is 0.334 e. The van der Waals surface area contributed by atoms with Gasteiger partial charge in [-0.15, -0.1) is 0 Å². The highest BCUT2D eigenvalue weighted by molar-refractivity contribution is 6.51. The molecule has 22 heavy (non-hydrogen) atoms. The summed E-state index contributed by atoms with van der Waals surface area (Å²) in [6.07, 6.45) is 0. The number of hydrogen-bond donors (Lipinski definition) is 0. The lowest BCUT2D eigenvalue weighted by atomic mass is 9.76. The molecule has 113 valence electrons. The zero-order valence-corrected chi connectivity index (χ0v) is 13.9. The second-order valence-corrected chi connectivity index (χ2v) is 7.32. The third-order valence-corrected chi connectivity index (χ3v) is 4.72. The third kappa shape index (κ3) is 2.54. The Hall–Kier alpha value is -1.74. The molecule has 0 aliphatic carbocycles. The molecule has 0 saturated carbocycles. The molecule has 0 spiro atoms. The van der Waals surface area contributed by atoms with Gasteiger partial charge in [0.15, 0.2) is 0 Å². The van der Waals surface area contributed by atoms with Crippen LogP contribution in [0.2, 0.25) is 0 Å². The van der Waals surface area contributed by atoms with Gasteiger partial charge in [-0.2, -0.15) is 0 Å². The highest BCUT2D eigenvalue weighted by atomic mass is 16.5. The zero-order chi connectivity index (χ0) is 16.0. The number of rotatable bonds is 3. The van der Waals surface area contributed by atoms with Crippen molar-refractivity contribution >= 4 is 34.9 Å². The van der Waals surface area contributed by atoms with E-state index >= 15 is 0 Å². The number of furan rings is 1. The summed E-state index contributed by atoms with van der Waals surface area (Å²) in [4.78, 5) is 0. The molecule has 0 aliphatic rings. The average molecular weight is 293 g/mol. The van der Waals surface area contributed by atoms with Gasteiger partial charge in [-0.3, -0.25) is 0 Å². The second-order valence-electron chi connectivity index (χ2n) is 7.32. The minimum atomic E-state index is -0.263. The Balaban J connectivity index is 1.98. The number of para-hydroxylation sites is 2. The Morgan fingerprint density at radius 1 is 0.864 bits per heavy atom. The van der Waals surface area contributed by atoms with Crippen LogP contribution in [0.5, 0.6) is 0 Å². The van der Waals surface area contributed by atoms with Crippen LogP contribution in [0.1, 0.15) is 34.6 Å². The second kappa shape index (κ2) is 5.17. The van der Waals surface area contributed by atoms with Gasteiger partial charge < -0.3 is 9.07 Å². The van der Waals surface area contributed by atoms with Crippen molar-refractivity contribution in [3.8, 4) is 0 Å². The molecule has 0 saturated heterocycles. The predicted octanol–water partition coefficient (Wildman–Crippen LogP) is 4.67. The maximum atomic E-state index is 6.10. The molecule has 0 amide bonds. The highest BCUT2D eigenvalue weighted by Gasteiger charge is 2.33. The van der Waals surface area contributed by atoms with Gasteiger partial charge in [0.2, 0.25) is 0 Å². The van der Waals surface area contributed by atoms with Crippen molar-refractivity contribution in [3.63, 3.8) is 0 Å². The van der Waals surface area contributed by atoms with E-state index in [1.807, 2.05) is 37.8 Å². The normalized spacial score (nSPS) is 13.0. The molecule has 0 N–H and O–H groups in total. The van der Waals surface area contributed by atoms with E-state index < -0.39 is 0 Å². The molecule has 0 fully saturated rings. The summed E-state index contributed by atoms with van der Waals surface area (Å²) in [5.74, 6) is 0. The Bertz CT molecular complexity index is 809. The molecule has 2 aromatic carbocycles. The standard InChI is InChI=1S/C19H22BO2/c1-18(2,3)19(4,5)22-20-15-11-8-10-14-13-9-6-7-12-16(13)21-17(14)15/h6-12H,1-5H3. The van der Waals surface area contributed by atoms with Crippen LogP contribution in [0.4, 0.5) is 0 Å². The highest BCUT2D eigenvalue weighted by Crippen LogP contribution is 2.33. The average Bonchev–Trinajstić information content (AvgIpc) is 2.83. The van der Waals surface area contributed by atoms with Gasteiger partial charge in [0, 0.05) is 10.8 Å². The van der Waals surface area contributed by atoms with Gasteiger partial charge in [0.05, 0.1) is 5.60 Å². The van der Waals surface area contributed by atoms with Crippen LogP contribution in [0.3, 0.4) is 0 Å². The fraction of sp³-hybridized carbons (Fsp3) is 0.368. The maximum Gasteiger partial charge on any atom is 0.334 e. The zero-order valence-electron chi connectivity index (χ0n) is 13.9. The first-order valence-corrected chi connectivity index (χ1v) is 7.71. The van der Waals surface area contributed by atoms with E-state index in [1.165, 1.54) is 0 Å². The topological polar surface area (TPSA) is 22.4 Å². The van der Waals surface area contributed by atoms with E-state index in [-0.39, 0.29) is 11.0 Å². The van der Waals surface area contributed by atoms with Crippen LogP contribution in [0, 0.1) is 5.41 Å². The van der Waals surface area contributed by atoms with Crippen molar-refractivity contribution in [1.29, 1.82) is 0 Å². The molecule has 3 heteroatoms. The van der Waals surface area contributed by atoms with Gasteiger partial charge in [0.25, 0.3) is 0 Å². The van der Waals surface area contributed by atoms with Crippen LogP contribution >= 0.6 is 0 Å². The van der Waals surface area contributed by atoms with Gasteiger partial charge in [-0.1, -0.05) is 57.2 Å². The summed E-state index contributed by atoms with van der Waals surface area (Å²) in [5, 5.41) is 2.27. The summed E-state index contributed by atoms with van der Waals surface area (Å²) < 4.78 is 12.1. The Morgan fingerprint density at radius 3 is 2.27 bits per heavy atom. The van der Waals surface area contributed by atoms with E-state index in [1.54, 1.807) is 0 Å². The molecule has 1 aromatic heterocycles. The first-order chi connectivity index (χ1) is 10.3. The first kappa shape index (κ1) is 15.2. The molecule has 2 nitrogen and oxygen atoms in total. The van der Waals surface area contributed by atoms with Crippen molar-refractivity contribution in [2.75, 3.05) is 0 Å². The molecule has 0 bridgehead atoms. The number of benzene rings is 2. The van der Waals surface area contributed by atoms with E-state index in [4.69, 9.17) is 9.07 Å².